The van der Waals surface area contributed by atoms with Gasteiger partial charge in [-0.1, -0.05) is 31.2 Å². The molecular weight excluding hydrogens is 427 g/mol. The van der Waals surface area contributed by atoms with E-state index in [4.69, 9.17) is 9.73 Å². The number of halogens is 1. The average Bonchev–Trinajstić information content (AvgIpc) is 2.61. The van der Waals surface area contributed by atoms with Crippen molar-refractivity contribution >= 4 is 29.9 Å². The predicted molar refractivity (Wildman–Crippen MR) is 118 cm³/mol. The molecule has 5 nitrogen and oxygen atoms in total. The van der Waals surface area contributed by atoms with Crippen LogP contribution in [-0.2, 0) is 17.7 Å². The van der Waals surface area contributed by atoms with Crippen LogP contribution >= 0.6 is 24.0 Å². The van der Waals surface area contributed by atoms with Gasteiger partial charge in [0.25, 0.3) is 0 Å². The summed E-state index contributed by atoms with van der Waals surface area (Å²) in [5.74, 6) is 0.892. The van der Waals surface area contributed by atoms with E-state index in [0.717, 1.165) is 51.6 Å². The fourth-order valence-electron chi connectivity index (χ4n) is 2.48. The van der Waals surface area contributed by atoms with Crippen LogP contribution < -0.4 is 10.6 Å². The number of hydrogen-bond acceptors (Lipinski definition) is 3. The molecule has 2 N–H and O–H groups in total. The lowest BCUT2D eigenvalue weighted by atomic mass is 10.1. The first-order valence-corrected chi connectivity index (χ1v) is 8.97. The fraction of sp³-hybridized carbons (Fsp3) is 0.632. The Hall–Kier alpha value is -0.860. The Morgan fingerprint density at radius 2 is 1.84 bits per heavy atom. The number of nitrogens with one attached hydrogen (secondary N) is 2. The Balaban J connectivity index is 0.00000576. The van der Waals surface area contributed by atoms with E-state index in [1.54, 1.807) is 7.11 Å². The molecule has 0 radical (unpaired) electrons. The van der Waals surface area contributed by atoms with Gasteiger partial charge < -0.3 is 20.3 Å². The van der Waals surface area contributed by atoms with E-state index < -0.39 is 0 Å². The highest BCUT2D eigenvalue weighted by molar-refractivity contribution is 14.0. The Kier molecular flexibility index (Phi) is 14.9. The van der Waals surface area contributed by atoms with Crippen molar-refractivity contribution < 1.29 is 4.74 Å². The van der Waals surface area contributed by atoms with E-state index in [9.17, 15) is 0 Å². The zero-order valence-electron chi connectivity index (χ0n) is 16.2. The Bertz CT molecular complexity index is 482. The highest BCUT2D eigenvalue weighted by atomic mass is 127. The maximum absolute atomic E-state index is 5.10. The molecule has 0 aliphatic heterocycles. The molecule has 0 fully saturated rings. The molecule has 1 aromatic rings. The van der Waals surface area contributed by atoms with Crippen molar-refractivity contribution in [3.63, 3.8) is 0 Å². The van der Waals surface area contributed by atoms with Crippen LogP contribution in [0.4, 0.5) is 0 Å². The lowest BCUT2D eigenvalue weighted by molar-refractivity contribution is 0.161. The van der Waals surface area contributed by atoms with Crippen LogP contribution in [0.25, 0.3) is 0 Å². The van der Waals surface area contributed by atoms with Crippen LogP contribution in [-0.4, -0.2) is 57.8 Å². The molecule has 25 heavy (non-hydrogen) atoms. The lowest BCUT2D eigenvalue weighted by Gasteiger charge is -2.17. The molecule has 0 saturated heterocycles. The molecule has 6 heteroatoms. The summed E-state index contributed by atoms with van der Waals surface area (Å²) in [6.07, 6.45) is 2.12. The van der Waals surface area contributed by atoms with Gasteiger partial charge in [0.15, 0.2) is 5.96 Å². The molecule has 0 spiro atoms. The van der Waals surface area contributed by atoms with Crippen LogP contribution in [0.1, 0.15) is 31.4 Å². The van der Waals surface area contributed by atoms with E-state index in [-0.39, 0.29) is 24.0 Å². The van der Waals surface area contributed by atoms with Crippen LogP contribution in [0.5, 0.6) is 0 Å². The minimum absolute atomic E-state index is 0. The van der Waals surface area contributed by atoms with E-state index >= 15 is 0 Å². The first kappa shape index (κ1) is 24.1. The molecule has 1 aromatic carbocycles. The maximum Gasteiger partial charge on any atom is 0.191 e. The summed E-state index contributed by atoms with van der Waals surface area (Å²) < 4.78 is 5.10. The second kappa shape index (κ2) is 15.4. The summed E-state index contributed by atoms with van der Waals surface area (Å²) in [5.41, 5.74) is 2.67. The van der Waals surface area contributed by atoms with Gasteiger partial charge in [0, 0.05) is 26.7 Å². The highest BCUT2D eigenvalue weighted by Crippen LogP contribution is 2.10. The van der Waals surface area contributed by atoms with Crippen molar-refractivity contribution in [2.24, 2.45) is 4.99 Å². The number of ether oxygens (including phenoxy) is 1. The van der Waals surface area contributed by atoms with Gasteiger partial charge in [0.2, 0.25) is 0 Å². The number of benzene rings is 1. The fourth-order valence-corrected chi connectivity index (χ4v) is 2.48. The van der Waals surface area contributed by atoms with Gasteiger partial charge in [-0.05, 0) is 44.5 Å². The molecule has 0 saturated carbocycles. The third kappa shape index (κ3) is 10.7. The molecule has 0 heterocycles. The van der Waals surface area contributed by atoms with Crippen LogP contribution in [0.15, 0.2) is 29.3 Å². The minimum Gasteiger partial charge on any atom is -0.383 e. The first-order chi connectivity index (χ1) is 11.7. The Morgan fingerprint density at radius 3 is 2.48 bits per heavy atom. The van der Waals surface area contributed by atoms with Crippen molar-refractivity contribution in [3.05, 3.63) is 35.4 Å². The van der Waals surface area contributed by atoms with Crippen LogP contribution in [0.3, 0.4) is 0 Å². The molecule has 0 aliphatic rings. The summed E-state index contributed by atoms with van der Waals surface area (Å²) >= 11 is 0. The van der Waals surface area contributed by atoms with Crippen LogP contribution in [0.2, 0.25) is 0 Å². The molecule has 144 valence electrons. The normalized spacial score (nSPS) is 11.3. The van der Waals surface area contributed by atoms with Crippen LogP contribution in [0, 0.1) is 0 Å². The molecule has 0 bridgehead atoms. The minimum atomic E-state index is 0. The van der Waals surface area contributed by atoms with Gasteiger partial charge in [-0.15, -0.1) is 24.0 Å². The Labute approximate surface area is 170 Å². The number of hydrogen-bond donors (Lipinski definition) is 2. The number of aryl methyl sites for hydroxylation is 1. The second-order valence-electron chi connectivity index (χ2n) is 5.89. The van der Waals surface area contributed by atoms with Gasteiger partial charge in [-0.2, -0.15) is 0 Å². The molecule has 0 atom stereocenters. The van der Waals surface area contributed by atoms with E-state index in [0.29, 0.717) is 6.54 Å². The third-order valence-corrected chi connectivity index (χ3v) is 3.94. The number of likely N-dealkylation sites (N-methyl/N-ethyl adjacent to an activating group) is 1. The zero-order valence-corrected chi connectivity index (χ0v) is 18.5. The summed E-state index contributed by atoms with van der Waals surface area (Å²) in [6.45, 7) is 9.58. The monoisotopic (exact) mass is 462 g/mol. The lowest BCUT2D eigenvalue weighted by Crippen LogP contribution is -2.38. The predicted octanol–water partition coefficient (Wildman–Crippen LogP) is 2.89. The van der Waals surface area contributed by atoms with E-state index in [1.165, 1.54) is 11.1 Å². The number of rotatable bonds is 11. The summed E-state index contributed by atoms with van der Waals surface area (Å²) in [7, 11) is 3.87. The van der Waals surface area contributed by atoms with E-state index in [1.807, 2.05) is 0 Å². The zero-order chi connectivity index (χ0) is 17.6. The maximum atomic E-state index is 5.10. The number of methoxy groups -OCH3 is 1. The van der Waals surface area contributed by atoms with Crippen molar-refractivity contribution in [1.29, 1.82) is 0 Å². The van der Waals surface area contributed by atoms with Gasteiger partial charge in [0.05, 0.1) is 13.2 Å². The molecule has 1 rings (SSSR count). The molecule has 0 aromatic heterocycles. The van der Waals surface area contributed by atoms with E-state index in [2.05, 4.69) is 60.7 Å². The highest BCUT2D eigenvalue weighted by Gasteiger charge is 2.02. The summed E-state index contributed by atoms with van der Waals surface area (Å²) in [5, 5.41) is 6.74. The topological polar surface area (TPSA) is 48.9 Å². The van der Waals surface area contributed by atoms with Crippen molar-refractivity contribution in [1.82, 2.24) is 15.5 Å². The van der Waals surface area contributed by atoms with Crippen molar-refractivity contribution in [3.8, 4) is 0 Å². The molecule has 0 unspecified atom stereocenters. The summed E-state index contributed by atoms with van der Waals surface area (Å²) in [6, 6.07) is 8.52. The third-order valence-electron chi connectivity index (χ3n) is 3.94. The quantitative estimate of drug-likeness (QED) is 0.230. The van der Waals surface area contributed by atoms with Crippen molar-refractivity contribution in [2.45, 2.75) is 33.2 Å². The average molecular weight is 462 g/mol. The Morgan fingerprint density at radius 1 is 1.12 bits per heavy atom. The van der Waals surface area contributed by atoms with Gasteiger partial charge in [0.1, 0.15) is 0 Å². The largest absolute Gasteiger partial charge is 0.383 e. The molecular formula is C19H35IN4O. The molecule has 0 aliphatic carbocycles. The first-order valence-electron chi connectivity index (χ1n) is 8.97. The van der Waals surface area contributed by atoms with Gasteiger partial charge >= 0.3 is 0 Å². The van der Waals surface area contributed by atoms with Gasteiger partial charge in [-0.25, -0.2) is 4.99 Å². The van der Waals surface area contributed by atoms with Gasteiger partial charge in [-0.3, -0.25) is 0 Å². The SMILES string of the molecule is CCNC(=NCc1ccccc1CC)NCCCN(C)CCOC.I. The smallest absolute Gasteiger partial charge is 0.191 e. The number of nitrogens with zero attached hydrogens (tertiary/aromatic N) is 2. The standard InChI is InChI=1S/C19H34N4O.HI/c1-5-17-10-7-8-11-18(17)16-22-19(20-6-2)21-12-9-13-23(3)14-15-24-4;/h7-8,10-11H,5-6,9,12-16H2,1-4H3,(H2,20,21,22);1H. The number of aliphatic imine (C=N–C) groups is 1. The second-order valence-corrected chi connectivity index (χ2v) is 5.89. The molecule has 0 amide bonds. The van der Waals surface area contributed by atoms with Crippen molar-refractivity contribution in [2.75, 3.05) is 46.9 Å². The number of guanidine groups is 1. The summed E-state index contributed by atoms with van der Waals surface area (Å²) in [4.78, 5) is 7.00.